The molecule has 0 atom stereocenters. The van der Waals surface area contributed by atoms with Gasteiger partial charge in [-0.1, -0.05) is 30.3 Å². The molecule has 3 rings (SSSR count). The Kier molecular flexibility index (Phi) is 7.57. The highest BCUT2D eigenvalue weighted by Gasteiger charge is 2.11. The zero-order valence-electron chi connectivity index (χ0n) is 16.3. The van der Waals surface area contributed by atoms with Crippen LogP contribution in [0.5, 0.6) is 11.5 Å². The SMILES string of the molecule is CCOc1cc(/C=N\NC(=O)c2ccccc2)c(Br)cc1OCc1ccc(F)cc1. The Morgan fingerprint density at radius 2 is 1.77 bits per heavy atom. The Morgan fingerprint density at radius 3 is 2.47 bits per heavy atom. The molecule has 0 saturated carbocycles. The molecule has 0 saturated heterocycles. The molecule has 0 unspecified atom stereocenters. The summed E-state index contributed by atoms with van der Waals surface area (Å²) >= 11 is 3.49. The minimum atomic E-state index is -0.299. The highest BCUT2D eigenvalue weighted by atomic mass is 79.9. The van der Waals surface area contributed by atoms with Crippen molar-refractivity contribution in [2.45, 2.75) is 13.5 Å². The second kappa shape index (κ2) is 10.5. The van der Waals surface area contributed by atoms with E-state index in [1.54, 1.807) is 48.5 Å². The molecule has 5 nitrogen and oxygen atoms in total. The van der Waals surface area contributed by atoms with E-state index in [0.29, 0.717) is 29.2 Å². The van der Waals surface area contributed by atoms with E-state index in [-0.39, 0.29) is 18.3 Å². The number of carbonyl (C=O) groups is 1. The van der Waals surface area contributed by atoms with Crippen LogP contribution in [0.15, 0.2) is 76.3 Å². The fourth-order valence-corrected chi connectivity index (χ4v) is 3.01. The van der Waals surface area contributed by atoms with Crippen LogP contribution in [0, 0.1) is 5.82 Å². The highest BCUT2D eigenvalue weighted by Crippen LogP contribution is 2.33. The first kappa shape index (κ1) is 21.5. The van der Waals surface area contributed by atoms with E-state index in [2.05, 4.69) is 26.5 Å². The van der Waals surface area contributed by atoms with Crippen LogP contribution in [0.2, 0.25) is 0 Å². The molecule has 30 heavy (non-hydrogen) atoms. The third kappa shape index (κ3) is 5.90. The number of halogens is 2. The first-order valence-corrected chi connectivity index (χ1v) is 10.1. The van der Waals surface area contributed by atoms with E-state index in [1.807, 2.05) is 13.0 Å². The molecule has 0 fully saturated rings. The summed E-state index contributed by atoms with van der Waals surface area (Å²) in [6.45, 7) is 2.60. The quantitative estimate of drug-likeness (QED) is 0.357. The smallest absolute Gasteiger partial charge is 0.271 e. The maximum Gasteiger partial charge on any atom is 0.271 e. The summed E-state index contributed by atoms with van der Waals surface area (Å²) in [4.78, 5) is 12.1. The summed E-state index contributed by atoms with van der Waals surface area (Å²) in [6.07, 6.45) is 1.52. The van der Waals surface area contributed by atoms with Gasteiger partial charge in [-0.05, 0) is 64.8 Å². The fourth-order valence-electron chi connectivity index (χ4n) is 2.59. The number of amides is 1. The second-order valence-corrected chi connectivity index (χ2v) is 7.09. The standard InChI is InChI=1S/C23H20BrFN2O3/c1-2-29-21-12-18(14-26-27-23(28)17-6-4-3-5-7-17)20(24)13-22(21)30-15-16-8-10-19(25)11-9-16/h3-14H,2,15H2,1H3,(H,27,28)/b26-14-. The highest BCUT2D eigenvalue weighted by molar-refractivity contribution is 9.10. The predicted molar refractivity (Wildman–Crippen MR) is 118 cm³/mol. The number of nitrogens with one attached hydrogen (secondary N) is 1. The third-order valence-corrected chi connectivity index (χ3v) is 4.76. The van der Waals surface area contributed by atoms with E-state index < -0.39 is 0 Å². The van der Waals surface area contributed by atoms with Crippen LogP contribution in [0.3, 0.4) is 0 Å². The van der Waals surface area contributed by atoms with Crippen LogP contribution in [-0.2, 0) is 6.61 Å². The van der Waals surface area contributed by atoms with Gasteiger partial charge in [0.1, 0.15) is 12.4 Å². The summed E-state index contributed by atoms with van der Waals surface area (Å²) in [5.41, 5.74) is 4.57. The number of hydrogen-bond donors (Lipinski definition) is 1. The molecule has 0 aliphatic rings. The van der Waals surface area contributed by atoms with Crippen LogP contribution >= 0.6 is 15.9 Å². The Balaban J connectivity index is 1.71. The van der Waals surface area contributed by atoms with Crippen molar-refractivity contribution in [3.05, 3.63) is 93.7 Å². The van der Waals surface area contributed by atoms with Crippen molar-refractivity contribution in [3.8, 4) is 11.5 Å². The zero-order chi connectivity index (χ0) is 21.3. The number of rotatable bonds is 8. The van der Waals surface area contributed by atoms with Crippen LogP contribution in [-0.4, -0.2) is 18.7 Å². The van der Waals surface area contributed by atoms with E-state index in [9.17, 15) is 9.18 Å². The first-order valence-electron chi connectivity index (χ1n) is 9.29. The van der Waals surface area contributed by atoms with Gasteiger partial charge < -0.3 is 9.47 Å². The third-order valence-electron chi connectivity index (χ3n) is 4.08. The Morgan fingerprint density at radius 1 is 1.07 bits per heavy atom. The molecular weight excluding hydrogens is 451 g/mol. The van der Waals surface area contributed by atoms with Gasteiger partial charge in [-0.3, -0.25) is 4.79 Å². The maximum atomic E-state index is 13.1. The summed E-state index contributed by atoms with van der Waals surface area (Å²) < 4.78 is 25.3. The van der Waals surface area contributed by atoms with Crippen LogP contribution in [0.25, 0.3) is 0 Å². The predicted octanol–water partition coefficient (Wildman–Crippen LogP) is 5.33. The molecule has 3 aromatic rings. The number of hydrazone groups is 1. The fraction of sp³-hybridized carbons (Fsp3) is 0.130. The number of benzene rings is 3. The monoisotopic (exact) mass is 470 g/mol. The average molecular weight is 471 g/mol. The van der Waals surface area contributed by atoms with Gasteiger partial charge in [-0.25, -0.2) is 9.82 Å². The normalized spacial score (nSPS) is 10.8. The lowest BCUT2D eigenvalue weighted by Gasteiger charge is -2.14. The minimum absolute atomic E-state index is 0.271. The second-order valence-electron chi connectivity index (χ2n) is 6.23. The minimum Gasteiger partial charge on any atom is -0.490 e. The molecule has 0 aliphatic heterocycles. The molecule has 0 bridgehead atoms. The van der Waals surface area contributed by atoms with E-state index in [4.69, 9.17) is 9.47 Å². The van der Waals surface area contributed by atoms with Crippen LogP contribution < -0.4 is 14.9 Å². The number of nitrogens with zero attached hydrogens (tertiary/aromatic N) is 1. The lowest BCUT2D eigenvalue weighted by atomic mass is 10.2. The van der Waals surface area contributed by atoms with Crippen molar-refractivity contribution in [2.75, 3.05) is 6.61 Å². The largest absolute Gasteiger partial charge is 0.490 e. The summed E-state index contributed by atoms with van der Waals surface area (Å²) in [5.74, 6) is 0.490. The molecule has 0 aliphatic carbocycles. The molecule has 3 aromatic carbocycles. The van der Waals surface area contributed by atoms with Gasteiger partial charge in [0.2, 0.25) is 0 Å². The molecule has 1 amide bonds. The molecular formula is C23H20BrFN2O3. The summed E-state index contributed by atoms with van der Waals surface area (Å²) in [5, 5.41) is 4.03. The molecule has 0 spiro atoms. The lowest BCUT2D eigenvalue weighted by Crippen LogP contribution is -2.17. The van der Waals surface area contributed by atoms with Crippen molar-refractivity contribution >= 4 is 28.1 Å². The van der Waals surface area contributed by atoms with Crippen LogP contribution in [0.4, 0.5) is 4.39 Å². The van der Waals surface area contributed by atoms with Gasteiger partial charge in [0, 0.05) is 15.6 Å². The molecule has 0 aromatic heterocycles. The van der Waals surface area contributed by atoms with Crippen molar-refractivity contribution < 1.29 is 18.7 Å². The first-order chi connectivity index (χ1) is 14.6. The van der Waals surface area contributed by atoms with Gasteiger partial charge in [0.25, 0.3) is 5.91 Å². The Hall–Kier alpha value is -3.19. The van der Waals surface area contributed by atoms with Crippen molar-refractivity contribution in [2.24, 2.45) is 5.10 Å². The van der Waals surface area contributed by atoms with E-state index >= 15 is 0 Å². The molecule has 7 heteroatoms. The van der Waals surface area contributed by atoms with Gasteiger partial charge in [-0.2, -0.15) is 5.10 Å². The summed E-state index contributed by atoms with van der Waals surface area (Å²) in [7, 11) is 0. The molecule has 0 heterocycles. The Labute approximate surface area is 182 Å². The molecule has 154 valence electrons. The van der Waals surface area contributed by atoms with Gasteiger partial charge >= 0.3 is 0 Å². The lowest BCUT2D eigenvalue weighted by molar-refractivity contribution is 0.0955. The molecule has 0 radical (unpaired) electrons. The van der Waals surface area contributed by atoms with Crippen molar-refractivity contribution in [1.29, 1.82) is 0 Å². The number of ether oxygens (including phenoxy) is 2. The van der Waals surface area contributed by atoms with E-state index in [0.717, 1.165) is 10.0 Å². The van der Waals surface area contributed by atoms with Crippen molar-refractivity contribution in [3.63, 3.8) is 0 Å². The van der Waals surface area contributed by atoms with Gasteiger partial charge in [0.15, 0.2) is 11.5 Å². The van der Waals surface area contributed by atoms with Crippen LogP contribution in [0.1, 0.15) is 28.4 Å². The molecule has 1 N–H and O–H groups in total. The van der Waals surface area contributed by atoms with Gasteiger partial charge in [0.05, 0.1) is 12.8 Å². The number of carbonyl (C=O) groups excluding carboxylic acids is 1. The Bertz CT molecular complexity index is 1020. The topological polar surface area (TPSA) is 59.9 Å². The zero-order valence-corrected chi connectivity index (χ0v) is 17.9. The maximum absolute atomic E-state index is 13.1. The summed E-state index contributed by atoms with van der Waals surface area (Å²) in [6, 6.07) is 18.5. The van der Waals surface area contributed by atoms with E-state index in [1.165, 1.54) is 18.3 Å². The van der Waals surface area contributed by atoms with Crippen molar-refractivity contribution in [1.82, 2.24) is 5.43 Å². The average Bonchev–Trinajstić information content (AvgIpc) is 2.76. The van der Waals surface area contributed by atoms with Gasteiger partial charge in [-0.15, -0.1) is 0 Å². The number of hydrogen-bond acceptors (Lipinski definition) is 4.